The van der Waals surface area contributed by atoms with Crippen molar-refractivity contribution in [2.75, 3.05) is 11.4 Å². The highest BCUT2D eigenvalue weighted by Crippen LogP contribution is 2.49. The minimum atomic E-state index is -0.392. The molecule has 160 valence electrons. The van der Waals surface area contributed by atoms with Gasteiger partial charge in [-0.1, -0.05) is 59.8 Å². The Bertz CT molecular complexity index is 1100. The average Bonchev–Trinajstić information content (AvgIpc) is 3.11. The number of nitrogens with two attached hydrogens (primary N) is 1. The predicted molar refractivity (Wildman–Crippen MR) is 124 cm³/mol. The van der Waals surface area contributed by atoms with Gasteiger partial charge in [-0.3, -0.25) is 0 Å². The van der Waals surface area contributed by atoms with Crippen LogP contribution in [-0.4, -0.2) is 18.1 Å². The van der Waals surface area contributed by atoms with Gasteiger partial charge in [-0.2, -0.15) is 0 Å². The zero-order valence-electron chi connectivity index (χ0n) is 16.6. The zero-order valence-corrected chi connectivity index (χ0v) is 18.2. The fourth-order valence-electron chi connectivity index (χ4n) is 3.56. The van der Waals surface area contributed by atoms with E-state index in [2.05, 4.69) is 10.6 Å². The van der Waals surface area contributed by atoms with E-state index in [0.717, 1.165) is 27.4 Å². The predicted octanol–water partition coefficient (Wildman–Crippen LogP) is 5.01. The Morgan fingerprint density at radius 1 is 1.13 bits per heavy atom. The number of benzene rings is 3. The Hall–Kier alpha value is -2.74. The molecule has 2 amide bonds. The lowest BCUT2D eigenvalue weighted by Gasteiger charge is -2.30. The van der Waals surface area contributed by atoms with Crippen LogP contribution in [0.15, 0.2) is 71.6 Å². The van der Waals surface area contributed by atoms with Crippen LogP contribution in [0.1, 0.15) is 11.1 Å². The second-order valence-electron chi connectivity index (χ2n) is 7.04. The molecule has 0 fully saturated rings. The Labute approximate surface area is 189 Å². The van der Waals surface area contributed by atoms with Gasteiger partial charge < -0.3 is 21.3 Å². The molecule has 4 rings (SSSR count). The first-order valence-corrected chi connectivity index (χ1v) is 11.1. The van der Waals surface area contributed by atoms with Crippen molar-refractivity contribution >= 4 is 40.8 Å². The molecule has 8 heteroatoms. The number of rotatable bonds is 6. The number of hydrogen-bond donors (Lipinski definition) is 3. The van der Waals surface area contributed by atoms with Crippen LogP contribution in [0, 0.1) is 5.82 Å². The number of carbonyl (C=O) groups is 1. The van der Waals surface area contributed by atoms with Crippen LogP contribution in [0.2, 0.25) is 5.02 Å². The van der Waals surface area contributed by atoms with Gasteiger partial charge in [0, 0.05) is 18.0 Å². The minimum absolute atomic E-state index is 0.284. The van der Waals surface area contributed by atoms with E-state index in [1.165, 1.54) is 23.9 Å². The molecule has 0 saturated carbocycles. The molecular weight excluding hydrogens is 435 g/mol. The summed E-state index contributed by atoms with van der Waals surface area (Å²) in [5.41, 5.74) is 9.04. The Morgan fingerprint density at radius 3 is 2.74 bits per heavy atom. The number of halogens is 2. The Morgan fingerprint density at radius 2 is 1.94 bits per heavy atom. The van der Waals surface area contributed by atoms with Crippen molar-refractivity contribution in [1.29, 1.82) is 0 Å². The van der Waals surface area contributed by atoms with Crippen molar-refractivity contribution in [3.8, 4) is 0 Å². The second kappa shape index (κ2) is 9.60. The van der Waals surface area contributed by atoms with Crippen LogP contribution in [0.4, 0.5) is 20.6 Å². The summed E-state index contributed by atoms with van der Waals surface area (Å²) in [4.78, 5) is 15.7. The van der Waals surface area contributed by atoms with E-state index in [4.69, 9.17) is 17.3 Å². The second-order valence-corrected chi connectivity index (χ2v) is 8.57. The van der Waals surface area contributed by atoms with Crippen molar-refractivity contribution < 1.29 is 9.18 Å². The third kappa shape index (κ3) is 4.79. The number of fused-ring (bicyclic) bond motifs is 1. The molecule has 31 heavy (non-hydrogen) atoms. The van der Waals surface area contributed by atoms with E-state index in [9.17, 15) is 9.18 Å². The quantitative estimate of drug-likeness (QED) is 0.487. The van der Waals surface area contributed by atoms with Crippen LogP contribution in [-0.2, 0) is 13.0 Å². The topological polar surface area (TPSA) is 70.4 Å². The first-order chi connectivity index (χ1) is 15.1. The highest BCUT2D eigenvalue weighted by molar-refractivity contribution is 8.00. The lowest BCUT2D eigenvalue weighted by atomic mass is 10.1. The first-order valence-electron chi connectivity index (χ1n) is 9.88. The molecule has 5 nitrogen and oxygen atoms in total. The maximum atomic E-state index is 13.3. The van der Waals surface area contributed by atoms with Gasteiger partial charge in [0.05, 0.1) is 16.4 Å². The van der Waals surface area contributed by atoms with E-state index < -0.39 is 5.50 Å². The number of thioether (sulfide) groups is 1. The molecule has 0 aliphatic carbocycles. The van der Waals surface area contributed by atoms with Gasteiger partial charge >= 0.3 is 6.03 Å². The van der Waals surface area contributed by atoms with Crippen LogP contribution < -0.4 is 21.3 Å². The molecule has 0 bridgehead atoms. The normalized spacial score (nSPS) is 14.9. The van der Waals surface area contributed by atoms with Crippen molar-refractivity contribution in [3.63, 3.8) is 0 Å². The zero-order chi connectivity index (χ0) is 21.8. The van der Waals surface area contributed by atoms with Crippen LogP contribution in [0.25, 0.3) is 0 Å². The summed E-state index contributed by atoms with van der Waals surface area (Å²) >= 11 is 8.09. The largest absolute Gasteiger partial charge is 0.338 e. The third-order valence-electron chi connectivity index (χ3n) is 4.97. The number of nitrogens with one attached hydrogen (secondary N) is 2. The number of urea groups is 1. The number of carbonyl (C=O) groups excluding carboxylic acids is 1. The van der Waals surface area contributed by atoms with Gasteiger partial charge in [0.25, 0.3) is 0 Å². The molecular formula is C23H22ClFN4OS. The molecule has 1 aliphatic rings. The first kappa shape index (κ1) is 21.5. The maximum Gasteiger partial charge on any atom is 0.317 e. The molecule has 0 aromatic heterocycles. The van der Waals surface area contributed by atoms with Crippen LogP contribution >= 0.6 is 23.4 Å². The monoisotopic (exact) mass is 456 g/mol. The number of anilines is 2. The van der Waals surface area contributed by atoms with E-state index in [1.54, 1.807) is 6.07 Å². The van der Waals surface area contributed by atoms with Gasteiger partial charge in [0.2, 0.25) is 0 Å². The van der Waals surface area contributed by atoms with E-state index >= 15 is 0 Å². The van der Waals surface area contributed by atoms with Crippen molar-refractivity contribution in [2.24, 2.45) is 5.73 Å². The molecule has 4 N–H and O–H groups in total. The van der Waals surface area contributed by atoms with Crippen LogP contribution in [0.3, 0.4) is 0 Å². The third-order valence-corrected chi connectivity index (χ3v) is 6.43. The van der Waals surface area contributed by atoms with E-state index in [0.29, 0.717) is 24.5 Å². The van der Waals surface area contributed by atoms with Crippen LogP contribution in [0.5, 0.6) is 0 Å². The Balaban J connectivity index is 1.50. The van der Waals surface area contributed by atoms with Gasteiger partial charge in [-0.05, 0) is 47.9 Å². The van der Waals surface area contributed by atoms with Crippen molar-refractivity contribution in [2.45, 2.75) is 23.4 Å². The summed E-state index contributed by atoms with van der Waals surface area (Å²) in [7, 11) is 0. The molecule has 1 aliphatic heterocycles. The van der Waals surface area contributed by atoms with Crippen molar-refractivity contribution in [1.82, 2.24) is 10.6 Å². The highest BCUT2D eigenvalue weighted by Gasteiger charge is 2.34. The molecule has 1 unspecified atom stereocenters. The van der Waals surface area contributed by atoms with Crippen molar-refractivity contribution in [3.05, 3.63) is 88.7 Å². The highest BCUT2D eigenvalue weighted by atomic mass is 35.5. The smallest absolute Gasteiger partial charge is 0.317 e. The standard InChI is InChI=1S/C23H22ClFN4OS/c24-18-8-4-6-16(14-26)21(18)29-19-9-1-2-10-20(19)31-23(29)28-22(30)27-12-11-15-5-3-7-17(25)13-15/h1-10,13,23H,11-12,14,26H2,(H2,27,28,30). The number of nitrogens with zero attached hydrogens (tertiary/aromatic N) is 1. The van der Waals surface area contributed by atoms with Gasteiger partial charge in [-0.25, -0.2) is 9.18 Å². The molecule has 3 aromatic carbocycles. The molecule has 3 aromatic rings. The fourth-order valence-corrected chi connectivity index (χ4v) is 5.02. The summed E-state index contributed by atoms with van der Waals surface area (Å²) < 4.78 is 13.3. The molecule has 1 atom stereocenters. The number of hydrogen-bond acceptors (Lipinski definition) is 4. The van der Waals surface area contributed by atoms with Gasteiger partial charge in [0.15, 0.2) is 5.50 Å². The molecule has 1 heterocycles. The van der Waals surface area contributed by atoms with Gasteiger partial charge in [0.1, 0.15) is 5.82 Å². The Kier molecular flexibility index (Phi) is 6.65. The fraction of sp³-hybridized carbons (Fsp3) is 0.174. The maximum absolute atomic E-state index is 13.3. The summed E-state index contributed by atoms with van der Waals surface area (Å²) in [6.07, 6.45) is 0.536. The summed E-state index contributed by atoms with van der Waals surface area (Å²) in [6, 6.07) is 19.6. The van der Waals surface area contributed by atoms with E-state index in [-0.39, 0.29) is 11.8 Å². The molecule has 0 spiro atoms. The average molecular weight is 457 g/mol. The lowest BCUT2D eigenvalue weighted by molar-refractivity contribution is 0.240. The summed E-state index contributed by atoms with van der Waals surface area (Å²) in [5, 5.41) is 6.43. The van der Waals surface area contributed by atoms with Gasteiger partial charge in [-0.15, -0.1) is 0 Å². The minimum Gasteiger partial charge on any atom is -0.338 e. The molecule has 0 saturated heterocycles. The number of amides is 2. The summed E-state index contributed by atoms with van der Waals surface area (Å²) in [6.45, 7) is 0.714. The summed E-state index contributed by atoms with van der Waals surface area (Å²) in [5.74, 6) is -0.284. The lowest BCUT2D eigenvalue weighted by Crippen LogP contribution is -2.47. The van der Waals surface area contributed by atoms with E-state index in [1.807, 2.05) is 53.4 Å². The molecule has 0 radical (unpaired) electrons. The SMILES string of the molecule is NCc1cccc(Cl)c1N1c2ccccc2SC1NC(=O)NCCc1cccc(F)c1. The number of para-hydroxylation sites is 2.